The molecule has 0 spiro atoms. The van der Waals surface area contributed by atoms with Crippen LogP contribution in [0.15, 0.2) is 12.1 Å². The highest BCUT2D eigenvalue weighted by molar-refractivity contribution is 5.96. The zero-order valence-corrected chi connectivity index (χ0v) is 14.1. The second kappa shape index (κ2) is 6.25. The summed E-state index contributed by atoms with van der Waals surface area (Å²) < 4.78 is 28.1. The Bertz CT molecular complexity index is 604. The maximum Gasteiger partial charge on any atom is 0.340 e. The van der Waals surface area contributed by atoms with Crippen LogP contribution in [0, 0.1) is 0 Å². The first-order valence-corrected chi connectivity index (χ1v) is 7.48. The Kier molecular flexibility index (Phi) is 4.72. The average molecular weight is 325 g/mol. The summed E-state index contributed by atoms with van der Waals surface area (Å²) in [5.41, 5.74) is 6.34. The van der Waals surface area contributed by atoms with E-state index in [1.807, 2.05) is 13.8 Å². The second-order valence-corrected chi connectivity index (χ2v) is 5.34. The number of carbonyl (C=O) groups is 1. The van der Waals surface area contributed by atoms with Crippen LogP contribution in [-0.2, 0) is 14.2 Å². The van der Waals surface area contributed by atoms with Gasteiger partial charge in [0.15, 0.2) is 11.5 Å². The van der Waals surface area contributed by atoms with Gasteiger partial charge in [-0.25, -0.2) is 4.79 Å². The first kappa shape index (κ1) is 17.4. The molecule has 0 aliphatic carbocycles. The molecule has 128 valence electrons. The number of anilines is 1. The minimum Gasteiger partial charge on any atom is -0.465 e. The number of nitrogen functional groups attached to an aromatic ring is 1. The highest BCUT2D eigenvalue weighted by atomic mass is 16.8. The Morgan fingerprint density at radius 2 is 1.57 bits per heavy atom. The quantitative estimate of drug-likeness (QED) is 0.656. The van der Waals surface area contributed by atoms with Crippen molar-refractivity contribution in [3.05, 3.63) is 17.7 Å². The molecule has 1 aromatic rings. The standard InChI is InChI=1S/C16H23NO6/c1-6-20-15(3)16(4,21-7-2)23-13-9-11(17)10(14(18)19-5)8-12(13)22-15/h8-9H,6-7,17H2,1-5H3/t15-,16?/m1/s1. The number of rotatable bonds is 5. The van der Waals surface area contributed by atoms with E-state index < -0.39 is 17.5 Å². The lowest BCUT2D eigenvalue weighted by Gasteiger charge is -2.47. The second-order valence-electron chi connectivity index (χ2n) is 5.34. The number of ether oxygens (including phenoxy) is 5. The summed E-state index contributed by atoms with van der Waals surface area (Å²) in [6, 6.07) is 3.00. The third-order valence-electron chi connectivity index (χ3n) is 3.80. The van der Waals surface area contributed by atoms with E-state index in [1.165, 1.54) is 19.2 Å². The van der Waals surface area contributed by atoms with Gasteiger partial charge in [0, 0.05) is 39.2 Å². The lowest BCUT2D eigenvalue weighted by atomic mass is 10.1. The van der Waals surface area contributed by atoms with Crippen LogP contribution in [0.4, 0.5) is 5.69 Å². The van der Waals surface area contributed by atoms with E-state index in [-0.39, 0.29) is 11.3 Å². The number of fused-ring (bicyclic) bond motifs is 1. The van der Waals surface area contributed by atoms with E-state index in [0.29, 0.717) is 24.7 Å². The largest absolute Gasteiger partial charge is 0.465 e. The third kappa shape index (κ3) is 2.94. The van der Waals surface area contributed by atoms with Crippen LogP contribution in [0.1, 0.15) is 38.1 Å². The maximum atomic E-state index is 11.8. The molecule has 7 heteroatoms. The predicted molar refractivity (Wildman–Crippen MR) is 83.5 cm³/mol. The van der Waals surface area contributed by atoms with Crippen LogP contribution >= 0.6 is 0 Å². The fraction of sp³-hybridized carbons (Fsp3) is 0.562. The van der Waals surface area contributed by atoms with E-state index in [4.69, 9.17) is 29.4 Å². The van der Waals surface area contributed by atoms with E-state index in [1.54, 1.807) is 13.8 Å². The van der Waals surface area contributed by atoms with Gasteiger partial charge in [0.2, 0.25) is 0 Å². The summed E-state index contributed by atoms with van der Waals surface area (Å²) in [6.45, 7) is 7.97. The summed E-state index contributed by atoms with van der Waals surface area (Å²) in [4.78, 5) is 11.8. The van der Waals surface area contributed by atoms with Gasteiger partial charge in [-0.2, -0.15) is 0 Å². The summed E-state index contributed by atoms with van der Waals surface area (Å²) in [7, 11) is 1.29. The highest BCUT2D eigenvalue weighted by Gasteiger charge is 2.55. The van der Waals surface area contributed by atoms with Gasteiger partial charge in [0.1, 0.15) is 0 Å². The molecule has 1 aliphatic rings. The molecule has 0 saturated carbocycles. The molecule has 2 rings (SSSR count). The molecule has 2 atom stereocenters. The highest BCUT2D eigenvalue weighted by Crippen LogP contribution is 2.46. The van der Waals surface area contributed by atoms with Crippen molar-refractivity contribution in [2.75, 3.05) is 26.1 Å². The van der Waals surface area contributed by atoms with Crippen molar-refractivity contribution in [3.63, 3.8) is 0 Å². The average Bonchev–Trinajstić information content (AvgIpc) is 2.48. The van der Waals surface area contributed by atoms with Gasteiger partial charge in [0.25, 0.3) is 11.6 Å². The minimum absolute atomic E-state index is 0.203. The fourth-order valence-electron chi connectivity index (χ4n) is 2.50. The van der Waals surface area contributed by atoms with Gasteiger partial charge < -0.3 is 29.4 Å². The predicted octanol–water partition coefficient (Wildman–Crippen LogP) is 2.33. The van der Waals surface area contributed by atoms with Crippen molar-refractivity contribution >= 4 is 11.7 Å². The topological polar surface area (TPSA) is 89.2 Å². The third-order valence-corrected chi connectivity index (χ3v) is 3.80. The Morgan fingerprint density at radius 3 is 2.00 bits per heavy atom. The lowest BCUT2D eigenvalue weighted by Crippen LogP contribution is -2.63. The van der Waals surface area contributed by atoms with Crippen LogP contribution in [0.3, 0.4) is 0 Å². The molecule has 7 nitrogen and oxygen atoms in total. The SMILES string of the molecule is CCOC1(C)Oc2cc(N)c(C(=O)OC)cc2O[C@@]1(C)OCC. The number of esters is 1. The summed E-state index contributed by atoms with van der Waals surface area (Å²) in [5, 5.41) is 0. The normalized spacial score (nSPS) is 26.0. The lowest BCUT2D eigenvalue weighted by molar-refractivity contribution is -0.357. The summed E-state index contributed by atoms with van der Waals surface area (Å²) in [6.07, 6.45) is 0. The smallest absolute Gasteiger partial charge is 0.340 e. The summed E-state index contributed by atoms with van der Waals surface area (Å²) >= 11 is 0. The number of carbonyl (C=O) groups excluding carboxylic acids is 1. The van der Waals surface area contributed by atoms with Crippen LogP contribution in [-0.4, -0.2) is 37.9 Å². The molecule has 1 unspecified atom stereocenters. The van der Waals surface area contributed by atoms with Gasteiger partial charge >= 0.3 is 5.97 Å². The molecule has 23 heavy (non-hydrogen) atoms. The molecule has 2 N–H and O–H groups in total. The number of methoxy groups -OCH3 is 1. The molecular formula is C16H23NO6. The zero-order valence-electron chi connectivity index (χ0n) is 14.1. The number of hydrogen-bond acceptors (Lipinski definition) is 7. The van der Waals surface area contributed by atoms with Gasteiger partial charge in [-0.1, -0.05) is 0 Å². The van der Waals surface area contributed by atoms with Crippen LogP contribution in [0.2, 0.25) is 0 Å². The van der Waals surface area contributed by atoms with Gasteiger partial charge in [0.05, 0.1) is 18.4 Å². The zero-order chi connectivity index (χ0) is 17.3. The molecule has 0 fully saturated rings. The van der Waals surface area contributed by atoms with E-state index >= 15 is 0 Å². The Labute approximate surface area is 135 Å². The molecule has 0 saturated heterocycles. The Hall–Kier alpha value is -1.99. The van der Waals surface area contributed by atoms with Crippen molar-refractivity contribution < 1.29 is 28.5 Å². The van der Waals surface area contributed by atoms with Gasteiger partial charge in [-0.05, 0) is 13.8 Å². The van der Waals surface area contributed by atoms with Gasteiger partial charge in [-0.15, -0.1) is 0 Å². The van der Waals surface area contributed by atoms with Crippen molar-refractivity contribution in [2.45, 2.75) is 39.3 Å². The monoisotopic (exact) mass is 325 g/mol. The molecule has 0 aromatic heterocycles. The molecular weight excluding hydrogens is 302 g/mol. The Balaban J connectivity index is 2.50. The number of nitrogens with two attached hydrogens (primary N) is 1. The van der Waals surface area contributed by atoms with Crippen LogP contribution < -0.4 is 15.2 Å². The van der Waals surface area contributed by atoms with Crippen LogP contribution in [0.25, 0.3) is 0 Å². The van der Waals surface area contributed by atoms with Crippen molar-refractivity contribution in [1.82, 2.24) is 0 Å². The van der Waals surface area contributed by atoms with E-state index in [2.05, 4.69) is 0 Å². The van der Waals surface area contributed by atoms with Crippen molar-refractivity contribution in [3.8, 4) is 11.5 Å². The molecule has 1 aromatic carbocycles. The number of hydrogen-bond donors (Lipinski definition) is 1. The van der Waals surface area contributed by atoms with Crippen LogP contribution in [0.5, 0.6) is 11.5 Å². The van der Waals surface area contributed by atoms with E-state index in [0.717, 1.165) is 0 Å². The molecule has 1 aliphatic heterocycles. The van der Waals surface area contributed by atoms with Crippen molar-refractivity contribution in [2.24, 2.45) is 0 Å². The summed E-state index contributed by atoms with van der Waals surface area (Å²) in [5.74, 6) is -2.18. The Morgan fingerprint density at radius 1 is 1.09 bits per heavy atom. The molecule has 1 heterocycles. The molecule has 0 radical (unpaired) electrons. The molecule has 0 amide bonds. The fourth-order valence-corrected chi connectivity index (χ4v) is 2.50. The van der Waals surface area contributed by atoms with Crippen molar-refractivity contribution in [1.29, 1.82) is 0 Å². The maximum absolute atomic E-state index is 11.8. The van der Waals surface area contributed by atoms with Gasteiger partial charge in [-0.3, -0.25) is 0 Å². The minimum atomic E-state index is -1.19. The molecule has 0 bridgehead atoms. The van der Waals surface area contributed by atoms with E-state index in [9.17, 15) is 4.79 Å². The first-order valence-electron chi connectivity index (χ1n) is 7.48. The first-order chi connectivity index (χ1) is 10.8. The number of benzene rings is 1.